The Morgan fingerprint density at radius 3 is 2.44 bits per heavy atom. The lowest BCUT2D eigenvalue weighted by Crippen LogP contribution is -2.44. The van der Waals surface area contributed by atoms with Crippen molar-refractivity contribution in [3.8, 4) is 11.3 Å². The third kappa shape index (κ3) is 4.09. The van der Waals surface area contributed by atoms with E-state index in [9.17, 15) is 4.79 Å². The molecule has 0 bridgehead atoms. The van der Waals surface area contributed by atoms with Crippen LogP contribution in [0.5, 0.6) is 0 Å². The summed E-state index contributed by atoms with van der Waals surface area (Å²) in [5, 5.41) is 4.93. The number of hydrogen-bond acceptors (Lipinski definition) is 6. The summed E-state index contributed by atoms with van der Waals surface area (Å²) in [5.74, 6) is 1.75. The number of anilines is 1. The molecule has 3 aromatic rings. The second-order valence-corrected chi connectivity index (χ2v) is 9.10. The number of aromatic nitrogens is 3. The maximum absolute atomic E-state index is 13.3. The van der Waals surface area contributed by atoms with Gasteiger partial charge in [-0.05, 0) is 57.0 Å². The quantitative estimate of drug-likeness (QED) is 0.594. The first-order valence-electron chi connectivity index (χ1n) is 11.1. The van der Waals surface area contributed by atoms with Crippen molar-refractivity contribution in [3.63, 3.8) is 0 Å². The normalized spacial score (nSPS) is 16.8. The topological polar surface area (TPSA) is 75.4 Å². The predicted molar refractivity (Wildman–Crippen MR) is 123 cm³/mol. The summed E-state index contributed by atoms with van der Waals surface area (Å²) in [6.07, 6.45) is 2.34. The lowest BCUT2D eigenvalue weighted by molar-refractivity contribution is -0.137. The first-order chi connectivity index (χ1) is 15.5. The van der Waals surface area contributed by atoms with E-state index >= 15 is 0 Å². The Morgan fingerprint density at radius 1 is 1.06 bits per heavy atom. The van der Waals surface area contributed by atoms with Gasteiger partial charge < -0.3 is 14.3 Å². The zero-order valence-corrected chi connectivity index (χ0v) is 19.1. The van der Waals surface area contributed by atoms with Crippen molar-refractivity contribution in [1.29, 1.82) is 0 Å². The number of rotatable bonds is 3. The molecule has 32 heavy (non-hydrogen) atoms. The van der Waals surface area contributed by atoms with E-state index in [1.165, 1.54) is 0 Å². The molecule has 166 valence electrons. The average molecular weight is 452 g/mol. The Bertz CT molecular complexity index is 1120. The van der Waals surface area contributed by atoms with E-state index in [-0.39, 0.29) is 11.8 Å². The third-order valence-electron chi connectivity index (χ3n) is 6.35. The van der Waals surface area contributed by atoms with Gasteiger partial charge in [-0.3, -0.25) is 4.79 Å². The van der Waals surface area contributed by atoms with Crippen molar-refractivity contribution < 1.29 is 9.32 Å². The number of hydrogen-bond donors (Lipinski definition) is 0. The highest BCUT2D eigenvalue weighted by atomic mass is 35.5. The van der Waals surface area contributed by atoms with Crippen LogP contribution in [0.3, 0.4) is 0 Å². The number of amides is 1. The van der Waals surface area contributed by atoms with Gasteiger partial charge in [0.25, 0.3) is 0 Å². The van der Waals surface area contributed by atoms with Crippen LogP contribution in [0.2, 0.25) is 5.02 Å². The van der Waals surface area contributed by atoms with E-state index in [2.05, 4.69) is 20.0 Å². The molecule has 8 heteroatoms. The molecule has 0 N–H and O–H groups in total. The lowest BCUT2D eigenvalue weighted by atomic mass is 9.93. The molecule has 1 amide bonds. The number of piperidine rings is 1. The summed E-state index contributed by atoms with van der Waals surface area (Å²) in [5.41, 5.74) is 4.83. The molecule has 0 radical (unpaired) electrons. The van der Waals surface area contributed by atoms with Gasteiger partial charge in [0, 0.05) is 59.5 Å². The summed E-state index contributed by atoms with van der Waals surface area (Å²) >= 11 is 6.02. The van der Waals surface area contributed by atoms with Gasteiger partial charge >= 0.3 is 0 Å². The Labute approximate surface area is 192 Å². The average Bonchev–Trinajstić information content (AvgIpc) is 3.22. The number of aryl methyl sites for hydroxylation is 2. The van der Waals surface area contributed by atoms with E-state index in [0.29, 0.717) is 24.5 Å². The first kappa shape index (κ1) is 20.9. The zero-order valence-electron chi connectivity index (χ0n) is 18.3. The molecule has 0 spiro atoms. The molecule has 0 saturated carbocycles. The van der Waals surface area contributed by atoms with Gasteiger partial charge in [-0.2, -0.15) is 0 Å². The lowest BCUT2D eigenvalue weighted by Gasteiger charge is -2.35. The monoisotopic (exact) mass is 451 g/mol. The fraction of sp³-hybridized carbons (Fsp3) is 0.417. The standard InChI is InChI=1S/C24H26ClN5O2/c1-15-13-16(2)27-24(26-15)29-10-7-18(8-11-29)23(31)30-12-9-21-20(14-30)22(32-28-21)17-3-5-19(25)6-4-17/h3-6,13,18H,7-12,14H2,1-2H3. The summed E-state index contributed by atoms with van der Waals surface area (Å²) < 4.78 is 5.65. The Morgan fingerprint density at radius 2 is 1.75 bits per heavy atom. The van der Waals surface area contributed by atoms with Crippen LogP contribution >= 0.6 is 11.6 Å². The van der Waals surface area contributed by atoms with Gasteiger partial charge in [0.15, 0.2) is 5.76 Å². The minimum Gasteiger partial charge on any atom is -0.356 e. The largest absolute Gasteiger partial charge is 0.356 e. The maximum atomic E-state index is 13.3. The second-order valence-electron chi connectivity index (χ2n) is 8.67. The van der Waals surface area contributed by atoms with Crippen LogP contribution in [0.4, 0.5) is 5.95 Å². The van der Waals surface area contributed by atoms with E-state index in [4.69, 9.17) is 16.1 Å². The molecule has 1 aromatic carbocycles. The highest BCUT2D eigenvalue weighted by molar-refractivity contribution is 6.30. The molecule has 7 nitrogen and oxygen atoms in total. The molecular formula is C24H26ClN5O2. The summed E-state index contributed by atoms with van der Waals surface area (Å²) in [4.78, 5) is 26.6. The molecule has 2 aliphatic rings. The number of halogens is 1. The van der Waals surface area contributed by atoms with Crippen LogP contribution < -0.4 is 4.90 Å². The van der Waals surface area contributed by atoms with Gasteiger partial charge in [0.05, 0.1) is 12.2 Å². The number of carbonyl (C=O) groups excluding carboxylic acids is 1. The van der Waals surface area contributed by atoms with Crippen LogP contribution in [-0.2, 0) is 17.8 Å². The van der Waals surface area contributed by atoms with Gasteiger partial charge in [-0.15, -0.1) is 0 Å². The molecule has 0 aliphatic carbocycles. The van der Waals surface area contributed by atoms with Crippen molar-refractivity contribution in [2.75, 3.05) is 24.5 Å². The SMILES string of the molecule is Cc1cc(C)nc(N2CCC(C(=O)N3CCc4noc(-c5ccc(Cl)cc5)c4C3)CC2)n1. The van der Waals surface area contributed by atoms with E-state index in [1.807, 2.05) is 49.1 Å². The summed E-state index contributed by atoms with van der Waals surface area (Å²) in [6.45, 7) is 6.78. The Balaban J connectivity index is 1.26. The first-order valence-corrected chi connectivity index (χ1v) is 11.4. The van der Waals surface area contributed by atoms with Crippen LogP contribution in [0.15, 0.2) is 34.9 Å². The van der Waals surface area contributed by atoms with Gasteiger partial charge in [-0.25, -0.2) is 9.97 Å². The number of nitrogens with zero attached hydrogens (tertiary/aromatic N) is 5. The molecule has 2 aromatic heterocycles. The van der Waals surface area contributed by atoms with Crippen molar-refractivity contribution in [3.05, 3.63) is 58.0 Å². The summed E-state index contributed by atoms with van der Waals surface area (Å²) in [6, 6.07) is 9.51. The van der Waals surface area contributed by atoms with Gasteiger partial charge in [-0.1, -0.05) is 16.8 Å². The molecule has 2 aliphatic heterocycles. The van der Waals surface area contributed by atoms with Crippen LogP contribution in [0, 0.1) is 19.8 Å². The fourth-order valence-corrected chi connectivity index (χ4v) is 4.79. The Kier molecular flexibility index (Phi) is 5.59. The molecule has 1 saturated heterocycles. The fourth-order valence-electron chi connectivity index (χ4n) is 4.66. The molecule has 0 unspecified atom stereocenters. The van der Waals surface area contributed by atoms with Crippen LogP contribution in [0.25, 0.3) is 11.3 Å². The minimum absolute atomic E-state index is 0.0255. The Hall–Kier alpha value is -2.93. The molecule has 5 rings (SSSR count). The minimum atomic E-state index is 0.0255. The van der Waals surface area contributed by atoms with Crippen molar-refractivity contribution in [1.82, 2.24) is 20.0 Å². The third-order valence-corrected chi connectivity index (χ3v) is 6.60. The number of benzene rings is 1. The highest BCUT2D eigenvalue weighted by Crippen LogP contribution is 2.32. The maximum Gasteiger partial charge on any atom is 0.226 e. The van der Waals surface area contributed by atoms with E-state index < -0.39 is 0 Å². The second kappa shape index (κ2) is 8.54. The van der Waals surface area contributed by atoms with Gasteiger partial charge in [0.1, 0.15) is 0 Å². The molecule has 4 heterocycles. The van der Waals surface area contributed by atoms with Gasteiger partial charge in [0.2, 0.25) is 11.9 Å². The van der Waals surface area contributed by atoms with E-state index in [1.54, 1.807) is 0 Å². The summed E-state index contributed by atoms with van der Waals surface area (Å²) in [7, 11) is 0. The van der Waals surface area contributed by atoms with Crippen LogP contribution in [-0.4, -0.2) is 45.6 Å². The predicted octanol–water partition coefficient (Wildman–Crippen LogP) is 4.20. The molecule has 1 fully saturated rings. The van der Waals surface area contributed by atoms with E-state index in [0.717, 1.165) is 65.8 Å². The smallest absolute Gasteiger partial charge is 0.226 e. The van der Waals surface area contributed by atoms with Crippen LogP contribution in [0.1, 0.15) is 35.5 Å². The zero-order chi connectivity index (χ0) is 22.2. The highest BCUT2D eigenvalue weighted by Gasteiger charge is 2.33. The van der Waals surface area contributed by atoms with Crippen molar-refractivity contribution >= 4 is 23.5 Å². The molecular weight excluding hydrogens is 426 g/mol. The van der Waals surface area contributed by atoms with Crippen molar-refractivity contribution in [2.45, 2.75) is 39.7 Å². The molecule has 0 atom stereocenters. The number of fused-ring (bicyclic) bond motifs is 1. The number of carbonyl (C=O) groups is 1. The van der Waals surface area contributed by atoms with Crippen molar-refractivity contribution in [2.24, 2.45) is 5.92 Å².